The summed E-state index contributed by atoms with van der Waals surface area (Å²) in [6.45, 7) is 4.51. The monoisotopic (exact) mass is 470 g/mol. The first-order chi connectivity index (χ1) is 15.6. The van der Waals surface area contributed by atoms with Crippen LogP contribution < -0.4 is 20.1 Å². The third-order valence-corrected chi connectivity index (χ3v) is 6.43. The third kappa shape index (κ3) is 4.94. The molecule has 0 radical (unpaired) electrons. The maximum Gasteiger partial charge on any atom is 0.255 e. The van der Waals surface area contributed by atoms with Crippen molar-refractivity contribution in [3.8, 4) is 22.6 Å². The summed E-state index contributed by atoms with van der Waals surface area (Å²) in [7, 11) is 1.66. The smallest absolute Gasteiger partial charge is 0.255 e. The molecule has 3 heterocycles. The number of aromatic amines is 1. The van der Waals surface area contributed by atoms with Crippen LogP contribution in [0.25, 0.3) is 22.2 Å². The number of aromatic nitrogens is 2. The van der Waals surface area contributed by atoms with E-state index < -0.39 is 0 Å². The summed E-state index contributed by atoms with van der Waals surface area (Å²) < 4.78 is 11.6. The number of fused-ring (bicyclic) bond motifs is 1. The number of carbonyl (C=O) groups is 1. The second-order valence-electron chi connectivity index (χ2n) is 8.82. The van der Waals surface area contributed by atoms with Gasteiger partial charge in [-0.15, -0.1) is 12.4 Å². The number of H-pyrrole nitrogens is 1. The Kier molecular flexibility index (Phi) is 7.10. The van der Waals surface area contributed by atoms with Gasteiger partial charge in [0.05, 0.1) is 24.8 Å². The Morgan fingerprint density at radius 1 is 1.15 bits per heavy atom. The molecule has 2 aromatic heterocycles. The summed E-state index contributed by atoms with van der Waals surface area (Å²) in [6, 6.07) is 8.05. The number of amides is 1. The average molecular weight is 471 g/mol. The van der Waals surface area contributed by atoms with Gasteiger partial charge < -0.3 is 25.1 Å². The molecular weight excluding hydrogens is 440 g/mol. The summed E-state index contributed by atoms with van der Waals surface area (Å²) in [5.74, 6) is 2.13. The number of rotatable bonds is 7. The van der Waals surface area contributed by atoms with Gasteiger partial charge in [0.25, 0.3) is 5.91 Å². The minimum atomic E-state index is -0.0646. The lowest BCUT2D eigenvalue weighted by molar-refractivity contribution is 0.0930. The van der Waals surface area contributed by atoms with E-state index in [1.807, 2.05) is 31.2 Å². The van der Waals surface area contributed by atoms with Crippen LogP contribution in [0.4, 0.5) is 0 Å². The summed E-state index contributed by atoms with van der Waals surface area (Å²) in [5.41, 5.74) is 4.91. The Morgan fingerprint density at radius 3 is 2.67 bits per heavy atom. The molecule has 2 aliphatic rings. The second-order valence-corrected chi connectivity index (χ2v) is 8.82. The minimum absolute atomic E-state index is 0. The van der Waals surface area contributed by atoms with Crippen LogP contribution in [0, 0.1) is 12.8 Å². The van der Waals surface area contributed by atoms with Crippen LogP contribution in [0.2, 0.25) is 0 Å². The topological polar surface area (TPSA) is 88.3 Å². The zero-order valence-electron chi connectivity index (χ0n) is 19.1. The van der Waals surface area contributed by atoms with Gasteiger partial charge in [-0.1, -0.05) is 0 Å². The molecule has 176 valence electrons. The number of ether oxygens (including phenoxy) is 2. The molecule has 1 aromatic carbocycles. The highest BCUT2D eigenvalue weighted by molar-refractivity contribution is 6.09. The van der Waals surface area contributed by atoms with Gasteiger partial charge in [-0.3, -0.25) is 9.78 Å². The maximum absolute atomic E-state index is 13.2. The molecule has 2 fully saturated rings. The largest absolute Gasteiger partial charge is 0.497 e. The number of methoxy groups -OCH3 is 1. The molecule has 8 heteroatoms. The molecule has 0 atom stereocenters. The quantitative estimate of drug-likeness (QED) is 0.480. The maximum atomic E-state index is 13.2. The van der Waals surface area contributed by atoms with Crippen molar-refractivity contribution >= 4 is 29.3 Å². The Balaban J connectivity index is 0.00000259. The summed E-state index contributed by atoms with van der Waals surface area (Å²) >= 11 is 0. The van der Waals surface area contributed by atoms with Crippen molar-refractivity contribution in [3.05, 3.63) is 41.7 Å². The van der Waals surface area contributed by atoms with Gasteiger partial charge >= 0.3 is 0 Å². The second kappa shape index (κ2) is 10.0. The highest BCUT2D eigenvalue weighted by Crippen LogP contribution is 2.39. The predicted octanol–water partition coefficient (Wildman–Crippen LogP) is 4.24. The normalized spacial score (nSPS) is 16.3. The molecule has 0 bridgehead atoms. The first-order valence-electron chi connectivity index (χ1n) is 11.4. The van der Waals surface area contributed by atoms with Gasteiger partial charge in [0.2, 0.25) is 0 Å². The lowest BCUT2D eigenvalue weighted by Crippen LogP contribution is -2.42. The van der Waals surface area contributed by atoms with Crippen LogP contribution in [0.15, 0.2) is 30.5 Å². The van der Waals surface area contributed by atoms with Crippen molar-refractivity contribution in [1.29, 1.82) is 0 Å². The molecule has 3 N–H and O–H groups in total. The molecule has 0 unspecified atom stereocenters. The van der Waals surface area contributed by atoms with E-state index in [2.05, 4.69) is 20.6 Å². The molecule has 1 saturated carbocycles. The fraction of sp³-hybridized carbons (Fsp3) is 0.440. The van der Waals surface area contributed by atoms with Gasteiger partial charge in [0.15, 0.2) is 0 Å². The minimum Gasteiger partial charge on any atom is -0.497 e. The van der Waals surface area contributed by atoms with Crippen LogP contribution in [0.5, 0.6) is 11.5 Å². The van der Waals surface area contributed by atoms with Crippen molar-refractivity contribution in [2.24, 2.45) is 5.92 Å². The average Bonchev–Trinajstić information content (AvgIpc) is 3.58. The highest BCUT2D eigenvalue weighted by atomic mass is 35.5. The third-order valence-electron chi connectivity index (χ3n) is 6.43. The van der Waals surface area contributed by atoms with Crippen molar-refractivity contribution in [2.45, 2.75) is 38.6 Å². The van der Waals surface area contributed by atoms with E-state index in [1.165, 1.54) is 12.8 Å². The SMILES string of the molecule is COc1ccc(-c2ccnc3c(C(=O)NC4CCNCC4)c(C)[nH]c23)c(OCC2CC2)c1.Cl. The molecule has 5 rings (SSSR count). The van der Waals surface area contributed by atoms with Gasteiger partial charge in [0, 0.05) is 35.1 Å². The molecular formula is C25H31ClN4O3. The summed E-state index contributed by atoms with van der Waals surface area (Å²) in [5, 5.41) is 6.53. The fourth-order valence-corrected chi connectivity index (χ4v) is 4.40. The first kappa shape index (κ1) is 23.4. The Bertz CT molecular complexity index is 1140. The number of nitrogens with zero attached hydrogens (tertiary/aromatic N) is 1. The molecule has 7 nitrogen and oxygen atoms in total. The number of pyridine rings is 1. The zero-order valence-corrected chi connectivity index (χ0v) is 19.9. The lowest BCUT2D eigenvalue weighted by atomic mass is 10.0. The van der Waals surface area contributed by atoms with E-state index in [0.29, 0.717) is 23.6 Å². The van der Waals surface area contributed by atoms with Crippen molar-refractivity contribution < 1.29 is 14.3 Å². The van der Waals surface area contributed by atoms with Gasteiger partial charge in [0.1, 0.15) is 17.0 Å². The number of nitrogens with one attached hydrogen (secondary N) is 3. The summed E-state index contributed by atoms with van der Waals surface area (Å²) in [4.78, 5) is 21.2. The van der Waals surface area contributed by atoms with Crippen molar-refractivity contribution in [2.75, 3.05) is 26.8 Å². The van der Waals surface area contributed by atoms with E-state index >= 15 is 0 Å². The number of hydrogen-bond donors (Lipinski definition) is 3. The Morgan fingerprint density at radius 2 is 1.94 bits per heavy atom. The highest BCUT2D eigenvalue weighted by Gasteiger charge is 2.25. The number of aryl methyl sites for hydroxylation is 1. The van der Waals surface area contributed by atoms with Crippen LogP contribution >= 0.6 is 12.4 Å². The number of carbonyl (C=O) groups excluding carboxylic acids is 1. The van der Waals surface area contributed by atoms with Crippen LogP contribution in [-0.4, -0.2) is 48.7 Å². The van der Waals surface area contributed by atoms with Gasteiger partial charge in [-0.25, -0.2) is 0 Å². The lowest BCUT2D eigenvalue weighted by Gasteiger charge is -2.23. The Labute approximate surface area is 200 Å². The van der Waals surface area contributed by atoms with Crippen LogP contribution in [-0.2, 0) is 0 Å². The molecule has 1 amide bonds. The van der Waals surface area contributed by atoms with Gasteiger partial charge in [-0.05, 0) is 69.8 Å². The zero-order chi connectivity index (χ0) is 22.1. The van der Waals surface area contributed by atoms with E-state index in [1.54, 1.807) is 13.3 Å². The van der Waals surface area contributed by atoms with Crippen LogP contribution in [0.1, 0.15) is 41.7 Å². The molecule has 0 spiro atoms. The van der Waals surface area contributed by atoms with E-state index in [-0.39, 0.29) is 24.4 Å². The first-order valence-corrected chi connectivity index (χ1v) is 11.4. The number of halogens is 1. The van der Waals surface area contributed by atoms with Crippen molar-refractivity contribution in [1.82, 2.24) is 20.6 Å². The number of hydrogen-bond acceptors (Lipinski definition) is 5. The van der Waals surface area contributed by atoms with Crippen molar-refractivity contribution in [3.63, 3.8) is 0 Å². The predicted molar refractivity (Wildman–Crippen MR) is 132 cm³/mol. The number of piperidine rings is 1. The van der Waals surface area contributed by atoms with Gasteiger partial charge in [-0.2, -0.15) is 0 Å². The number of benzene rings is 1. The molecule has 3 aromatic rings. The van der Waals surface area contributed by atoms with E-state index in [0.717, 1.165) is 59.8 Å². The van der Waals surface area contributed by atoms with E-state index in [9.17, 15) is 4.79 Å². The van der Waals surface area contributed by atoms with E-state index in [4.69, 9.17) is 9.47 Å². The Hall–Kier alpha value is -2.77. The molecule has 33 heavy (non-hydrogen) atoms. The molecule has 1 aliphatic heterocycles. The standard InChI is InChI=1S/C25H30N4O3.ClH/c1-15-22(25(30)29-17-7-10-26-11-8-17)24-23(28-15)20(9-12-27-24)19-6-5-18(31-2)13-21(19)32-14-16-3-4-16;/h5-6,9,12-13,16-17,26,28H,3-4,7-8,10-11,14H2,1-2H3,(H,29,30);1H. The van der Waals surface area contributed by atoms with Crippen LogP contribution in [0.3, 0.4) is 0 Å². The summed E-state index contributed by atoms with van der Waals surface area (Å²) in [6.07, 6.45) is 6.11. The molecule has 1 aliphatic carbocycles. The fourth-order valence-electron chi connectivity index (χ4n) is 4.40. The molecule has 1 saturated heterocycles.